The summed E-state index contributed by atoms with van der Waals surface area (Å²) in [6.07, 6.45) is 3.53. The van der Waals surface area contributed by atoms with Gasteiger partial charge in [-0.05, 0) is 55.7 Å². The number of carbonyl (C=O) groups is 1. The molecule has 1 saturated heterocycles. The van der Waals surface area contributed by atoms with E-state index in [1.807, 2.05) is 0 Å². The van der Waals surface area contributed by atoms with Gasteiger partial charge in [-0.2, -0.15) is 4.31 Å². The van der Waals surface area contributed by atoms with Crippen LogP contribution in [0.15, 0.2) is 46.2 Å². The second-order valence-electron chi connectivity index (χ2n) is 7.57. The number of rotatable bonds is 6. The number of hydrogen-bond donors (Lipinski definition) is 2. The minimum absolute atomic E-state index is 0.0422. The maximum Gasteiger partial charge on any atom is 0.341 e. The molecule has 2 N–H and O–H groups in total. The molecule has 174 valence electrons. The predicted octanol–water partition coefficient (Wildman–Crippen LogP) is 2.85. The average molecular weight is 483 g/mol. The van der Waals surface area contributed by atoms with Gasteiger partial charge in [0, 0.05) is 13.1 Å². The van der Waals surface area contributed by atoms with E-state index in [-0.39, 0.29) is 21.0 Å². The number of sulfonamides is 2. The first kappa shape index (κ1) is 24.0. The van der Waals surface area contributed by atoms with Crippen molar-refractivity contribution in [3.63, 3.8) is 0 Å². The monoisotopic (exact) mass is 482 g/mol. The summed E-state index contributed by atoms with van der Waals surface area (Å²) < 4.78 is 60.5. The van der Waals surface area contributed by atoms with Crippen molar-refractivity contribution in [3.05, 3.63) is 47.5 Å². The standard InChI is InChI=1S/C21H26N2O7S2/c1-15-7-8-16(13-20(15)32(28,29)23-11-5-3-4-6-12-23)22-31(26,27)17-9-10-19(24)18(14-17)21(25)30-2/h7-10,13-14,22,24H,3-6,11-12H2,1-2H3. The van der Waals surface area contributed by atoms with Gasteiger partial charge in [-0.1, -0.05) is 18.9 Å². The van der Waals surface area contributed by atoms with Crippen LogP contribution in [0, 0.1) is 6.92 Å². The molecule has 1 aliphatic rings. The van der Waals surface area contributed by atoms with E-state index >= 15 is 0 Å². The van der Waals surface area contributed by atoms with Crippen LogP contribution < -0.4 is 4.72 Å². The largest absolute Gasteiger partial charge is 0.507 e. The number of carbonyl (C=O) groups excluding carboxylic acids is 1. The zero-order valence-corrected chi connectivity index (χ0v) is 19.5. The third-order valence-corrected chi connectivity index (χ3v) is 8.73. The lowest BCUT2D eigenvalue weighted by molar-refractivity contribution is 0.0597. The molecule has 0 saturated carbocycles. The second kappa shape index (κ2) is 9.47. The smallest absolute Gasteiger partial charge is 0.341 e. The van der Waals surface area contributed by atoms with E-state index in [0.717, 1.165) is 51.0 Å². The van der Waals surface area contributed by atoms with E-state index in [1.165, 1.54) is 16.4 Å². The van der Waals surface area contributed by atoms with Crippen LogP contribution >= 0.6 is 0 Å². The highest BCUT2D eigenvalue weighted by molar-refractivity contribution is 7.92. The molecule has 2 aromatic carbocycles. The van der Waals surface area contributed by atoms with Gasteiger partial charge in [-0.3, -0.25) is 4.72 Å². The Labute approximate surface area is 188 Å². The highest BCUT2D eigenvalue weighted by atomic mass is 32.2. The molecular formula is C21H26N2O7S2. The topological polar surface area (TPSA) is 130 Å². The van der Waals surface area contributed by atoms with Crippen LogP contribution in [0.1, 0.15) is 41.6 Å². The van der Waals surface area contributed by atoms with E-state index in [4.69, 9.17) is 0 Å². The first-order valence-corrected chi connectivity index (χ1v) is 13.0. The molecule has 0 amide bonds. The lowest BCUT2D eigenvalue weighted by Crippen LogP contribution is -2.32. The Hall–Kier alpha value is -2.63. The highest BCUT2D eigenvalue weighted by Gasteiger charge is 2.27. The van der Waals surface area contributed by atoms with E-state index in [1.54, 1.807) is 13.0 Å². The normalized spacial score (nSPS) is 15.7. The van der Waals surface area contributed by atoms with Crippen molar-refractivity contribution in [1.29, 1.82) is 0 Å². The van der Waals surface area contributed by atoms with E-state index < -0.39 is 31.8 Å². The first-order valence-electron chi connectivity index (χ1n) is 10.1. The van der Waals surface area contributed by atoms with Crippen molar-refractivity contribution in [1.82, 2.24) is 4.31 Å². The van der Waals surface area contributed by atoms with Crippen molar-refractivity contribution in [2.24, 2.45) is 0 Å². The van der Waals surface area contributed by atoms with Crippen LogP contribution in [0.3, 0.4) is 0 Å². The second-order valence-corrected chi connectivity index (χ2v) is 11.2. The Balaban J connectivity index is 1.94. The first-order chi connectivity index (χ1) is 15.1. The summed E-state index contributed by atoms with van der Waals surface area (Å²) >= 11 is 0. The molecular weight excluding hydrogens is 456 g/mol. The molecule has 11 heteroatoms. The minimum atomic E-state index is -4.18. The minimum Gasteiger partial charge on any atom is -0.507 e. The highest BCUT2D eigenvalue weighted by Crippen LogP contribution is 2.28. The van der Waals surface area contributed by atoms with Crippen molar-refractivity contribution in [2.75, 3.05) is 24.9 Å². The molecule has 0 atom stereocenters. The maximum absolute atomic E-state index is 13.2. The molecule has 0 spiro atoms. The summed E-state index contributed by atoms with van der Waals surface area (Å²) in [6, 6.07) is 7.51. The summed E-state index contributed by atoms with van der Waals surface area (Å²) in [6.45, 7) is 2.52. The van der Waals surface area contributed by atoms with Gasteiger partial charge < -0.3 is 9.84 Å². The molecule has 3 rings (SSSR count). The maximum atomic E-state index is 13.2. The number of aryl methyl sites for hydroxylation is 1. The van der Waals surface area contributed by atoms with Crippen LogP contribution in [0.25, 0.3) is 0 Å². The van der Waals surface area contributed by atoms with Gasteiger partial charge in [-0.25, -0.2) is 21.6 Å². The summed E-state index contributed by atoms with van der Waals surface area (Å²) in [5.74, 6) is -1.31. The number of benzene rings is 2. The molecule has 0 radical (unpaired) electrons. The number of hydrogen-bond acceptors (Lipinski definition) is 7. The average Bonchev–Trinajstić information content (AvgIpc) is 3.04. The SMILES string of the molecule is COC(=O)c1cc(S(=O)(=O)Nc2ccc(C)c(S(=O)(=O)N3CCCCCC3)c2)ccc1O. The van der Waals surface area contributed by atoms with E-state index in [2.05, 4.69) is 9.46 Å². The van der Waals surface area contributed by atoms with Crippen molar-refractivity contribution >= 4 is 31.7 Å². The molecule has 9 nitrogen and oxygen atoms in total. The van der Waals surface area contributed by atoms with Crippen LogP contribution in [0.2, 0.25) is 0 Å². The zero-order chi connectivity index (χ0) is 23.5. The molecule has 0 aliphatic carbocycles. The Morgan fingerprint density at radius 3 is 2.28 bits per heavy atom. The number of phenolic OH excluding ortho intramolecular Hbond substituents is 1. The molecule has 0 bridgehead atoms. The number of ether oxygens (including phenoxy) is 1. The molecule has 0 aromatic heterocycles. The van der Waals surface area contributed by atoms with Crippen molar-refractivity contribution < 1.29 is 31.5 Å². The van der Waals surface area contributed by atoms with Crippen molar-refractivity contribution in [2.45, 2.75) is 42.4 Å². The third-order valence-electron chi connectivity index (χ3n) is 5.31. The third kappa shape index (κ3) is 5.05. The van der Waals surface area contributed by atoms with Gasteiger partial charge >= 0.3 is 5.97 Å². The molecule has 2 aromatic rings. The number of esters is 1. The van der Waals surface area contributed by atoms with Crippen molar-refractivity contribution in [3.8, 4) is 5.75 Å². The summed E-state index contributed by atoms with van der Waals surface area (Å²) in [4.78, 5) is 11.5. The van der Waals surface area contributed by atoms with Gasteiger partial charge in [0.2, 0.25) is 10.0 Å². The Morgan fingerprint density at radius 1 is 1.00 bits per heavy atom. The number of phenols is 1. The van der Waals surface area contributed by atoms with E-state index in [9.17, 15) is 26.7 Å². The number of nitrogens with one attached hydrogen (secondary N) is 1. The Morgan fingerprint density at radius 2 is 1.66 bits per heavy atom. The lowest BCUT2D eigenvalue weighted by atomic mass is 10.2. The summed E-state index contributed by atoms with van der Waals surface area (Å²) in [5.41, 5.74) is 0.273. The molecule has 0 unspecified atom stereocenters. The zero-order valence-electron chi connectivity index (χ0n) is 17.9. The van der Waals surface area contributed by atoms with Crippen LogP contribution in [0.4, 0.5) is 5.69 Å². The fourth-order valence-electron chi connectivity index (χ4n) is 3.53. The Bertz CT molecular complexity index is 1220. The van der Waals surface area contributed by atoms with Gasteiger partial charge in [0.15, 0.2) is 0 Å². The van der Waals surface area contributed by atoms with E-state index in [0.29, 0.717) is 18.7 Å². The van der Waals surface area contributed by atoms with Gasteiger partial charge in [0.1, 0.15) is 11.3 Å². The molecule has 1 fully saturated rings. The number of aromatic hydroxyl groups is 1. The van der Waals surface area contributed by atoms with Crippen LogP contribution in [-0.2, 0) is 24.8 Å². The lowest BCUT2D eigenvalue weighted by Gasteiger charge is -2.21. The number of nitrogens with zero attached hydrogens (tertiary/aromatic N) is 1. The summed E-state index contributed by atoms with van der Waals surface area (Å²) in [7, 11) is -6.85. The number of methoxy groups -OCH3 is 1. The molecule has 1 aliphatic heterocycles. The molecule has 1 heterocycles. The van der Waals surface area contributed by atoms with Gasteiger partial charge in [-0.15, -0.1) is 0 Å². The summed E-state index contributed by atoms with van der Waals surface area (Å²) in [5, 5.41) is 9.80. The fraction of sp³-hybridized carbons (Fsp3) is 0.381. The number of anilines is 1. The molecule has 32 heavy (non-hydrogen) atoms. The predicted molar refractivity (Wildman–Crippen MR) is 119 cm³/mol. The fourth-order valence-corrected chi connectivity index (χ4v) is 6.38. The van der Waals surface area contributed by atoms with Crippen LogP contribution in [0.5, 0.6) is 5.75 Å². The van der Waals surface area contributed by atoms with Gasteiger partial charge in [0.05, 0.1) is 22.6 Å². The Kier molecular flexibility index (Phi) is 7.11. The van der Waals surface area contributed by atoms with Crippen LogP contribution in [-0.4, -0.2) is 52.4 Å². The quantitative estimate of drug-likeness (QED) is 0.606. The van der Waals surface area contributed by atoms with Gasteiger partial charge in [0.25, 0.3) is 10.0 Å².